The van der Waals surface area contributed by atoms with Crippen LogP contribution in [0.2, 0.25) is 0 Å². The first-order valence-corrected chi connectivity index (χ1v) is 15.3. The average Bonchev–Trinajstić information content (AvgIpc) is 2.65. The summed E-state index contributed by atoms with van der Waals surface area (Å²) in [5.74, 6) is -0.0821. The third-order valence-corrected chi connectivity index (χ3v) is 6.81. The maximum absolute atomic E-state index is 9.75. The molecule has 0 aliphatic rings. The van der Waals surface area contributed by atoms with E-state index in [4.69, 9.17) is 4.52 Å². The van der Waals surface area contributed by atoms with Gasteiger partial charge in [0.25, 0.3) is 0 Å². The van der Waals surface area contributed by atoms with E-state index < -0.39 is 8.60 Å². The molecule has 0 saturated heterocycles. The van der Waals surface area contributed by atoms with Gasteiger partial charge in [-0.15, -0.1) is 0 Å². The second kappa shape index (κ2) is 12.5. The van der Waals surface area contributed by atoms with Crippen molar-refractivity contribution in [3.05, 3.63) is 69.8 Å². The average molecular weight is 543 g/mol. The Balaban J connectivity index is 2.74. The molecule has 0 bridgehead atoms. The predicted octanol–water partition coefficient (Wildman–Crippen LogP) is 9.40. The largest absolute Gasteiger partial charge is 0.328 e. The number of rotatable bonds is 9. The van der Waals surface area contributed by atoms with Crippen LogP contribution in [0.3, 0.4) is 0 Å². The summed E-state index contributed by atoms with van der Waals surface area (Å²) in [5, 5.41) is 0. The second-order valence-electron chi connectivity index (χ2n) is 16.1. The third-order valence-electron chi connectivity index (χ3n) is 6.43. The van der Waals surface area contributed by atoms with Crippen LogP contribution in [0.25, 0.3) is 0 Å². The van der Waals surface area contributed by atoms with E-state index in [9.17, 15) is 9.79 Å². The molecule has 0 saturated carbocycles. The summed E-state index contributed by atoms with van der Waals surface area (Å²) in [4.78, 5) is 19.5. The van der Waals surface area contributed by atoms with E-state index in [2.05, 4.69) is 119 Å². The van der Waals surface area contributed by atoms with Gasteiger partial charge in [0, 0.05) is 5.92 Å². The second-order valence-corrected chi connectivity index (χ2v) is 16.9. The van der Waals surface area contributed by atoms with E-state index in [1.807, 2.05) is 0 Å². The molecule has 2 N–H and O–H groups in total. The van der Waals surface area contributed by atoms with Crippen molar-refractivity contribution >= 4 is 8.60 Å². The molecule has 0 fully saturated rings. The molecule has 2 aromatic rings. The van der Waals surface area contributed by atoms with Gasteiger partial charge in [0.05, 0.1) is 6.61 Å². The Labute approximate surface area is 235 Å². The van der Waals surface area contributed by atoms with E-state index in [-0.39, 0.29) is 34.2 Å². The summed E-state index contributed by atoms with van der Waals surface area (Å²) in [7, 11) is -2.44. The highest BCUT2D eigenvalue weighted by Gasteiger charge is 2.27. The fraction of sp³-hybridized carbons (Fsp3) is 0.647. The summed E-state index contributed by atoms with van der Waals surface area (Å²) in [6.45, 7) is 27.6. The molecule has 2 aromatic carbocycles. The number of hydrogen-bond acceptors (Lipinski definition) is 3. The summed E-state index contributed by atoms with van der Waals surface area (Å²) < 4.78 is 5.58. The standard InChI is InChI=1S/C34H55O3P/c1-31(2,3)19-24-13-15-28(26(17-24)21-33(7,8)9)30(23-37-38(35)36)29-16-14-25(20-32(4,5)6)18-27(29)22-34(10,11)12/h13-18,30,35-36H,19-23H2,1-12H3. The van der Waals surface area contributed by atoms with Crippen molar-refractivity contribution in [3.8, 4) is 0 Å². The molecule has 3 nitrogen and oxygen atoms in total. The molecule has 214 valence electrons. The van der Waals surface area contributed by atoms with Gasteiger partial charge in [-0.2, -0.15) is 0 Å². The minimum atomic E-state index is -2.44. The SMILES string of the molecule is CC(C)(C)Cc1ccc(C(COP(O)O)c2ccc(CC(C)(C)C)cc2CC(C)(C)C)c(CC(C)(C)C)c1. The van der Waals surface area contributed by atoms with E-state index in [1.54, 1.807) is 0 Å². The Bertz CT molecular complexity index is 964. The lowest BCUT2D eigenvalue weighted by Crippen LogP contribution is -2.19. The summed E-state index contributed by atoms with van der Waals surface area (Å²) in [6, 6.07) is 13.8. The van der Waals surface area contributed by atoms with Gasteiger partial charge in [-0.1, -0.05) is 119 Å². The van der Waals surface area contributed by atoms with Crippen molar-refractivity contribution in [2.24, 2.45) is 21.7 Å². The summed E-state index contributed by atoms with van der Waals surface area (Å²) in [5.41, 5.74) is 8.45. The molecule has 2 rings (SSSR count). The zero-order valence-electron chi connectivity index (χ0n) is 26.3. The molecule has 0 radical (unpaired) electrons. The first-order chi connectivity index (χ1) is 17.1. The van der Waals surface area contributed by atoms with E-state index in [0.717, 1.165) is 25.7 Å². The molecular weight excluding hydrogens is 487 g/mol. The first kappa shape index (κ1) is 33.0. The van der Waals surface area contributed by atoms with Gasteiger partial charge in [-0.25, -0.2) is 0 Å². The third kappa shape index (κ3) is 11.9. The van der Waals surface area contributed by atoms with Crippen molar-refractivity contribution in [1.29, 1.82) is 0 Å². The number of hydrogen-bond donors (Lipinski definition) is 2. The van der Waals surface area contributed by atoms with Crippen LogP contribution in [0.5, 0.6) is 0 Å². The maximum Gasteiger partial charge on any atom is 0.327 e. The number of benzene rings is 2. The smallest absolute Gasteiger partial charge is 0.327 e. The van der Waals surface area contributed by atoms with Gasteiger partial charge in [0.1, 0.15) is 0 Å². The van der Waals surface area contributed by atoms with Crippen LogP contribution in [-0.4, -0.2) is 16.4 Å². The van der Waals surface area contributed by atoms with Crippen molar-refractivity contribution in [2.75, 3.05) is 6.61 Å². The van der Waals surface area contributed by atoms with Gasteiger partial charge in [0.15, 0.2) is 0 Å². The Hall–Kier alpha value is -1.25. The zero-order valence-corrected chi connectivity index (χ0v) is 27.2. The van der Waals surface area contributed by atoms with E-state index in [1.165, 1.54) is 33.4 Å². The highest BCUT2D eigenvalue weighted by molar-refractivity contribution is 7.39. The fourth-order valence-corrected chi connectivity index (χ4v) is 5.66. The molecule has 0 unspecified atom stereocenters. The molecule has 0 aliphatic heterocycles. The van der Waals surface area contributed by atoms with Crippen LogP contribution < -0.4 is 0 Å². The van der Waals surface area contributed by atoms with Gasteiger partial charge < -0.3 is 14.3 Å². The van der Waals surface area contributed by atoms with Crippen molar-refractivity contribution in [2.45, 2.75) is 115 Å². The van der Waals surface area contributed by atoms with Gasteiger partial charge >= 0.3 is 8.60 Å². The minimum Gasteiger partial charge on any atom is -0.328 e. The molecule has 0 aliphatic carbocycles. The first-order valence-electron chi connectivity index (χ1n) is 14.2. The predicted molar refractivity (Wildman–Crippen MR) is 165 cm³/mol. The van der Waals surface area contributed by atoms with Crippen LogP contribution in [-0.2, 0) is 30.2 Å². The lowest BCUT2D eigenvalue weighted by molar-refractivity contribution is 0.245. The van der Waals surface area contributed by atoms with Crippen molar-refractivity contribution in [3.63, 3.8) is 0 Å². The summed E-state index contributed by atoms with van der Waals surface area (Å²) >= 11 is 0. The van der Waals surface area contributed by atoms with Gasteiger partial charge in [-0.05, 0) is 80.7 Å². The normalized spacial score (nSPS) is 13.6. The Morgan fingerprint density at radius 1 is 0.579 bits per heavy atom. The monoisotopic (exact) mass is 542 g/mol. The Kier molecular flexibility index (Phi) is 10.8. The molecule has 0 aromatic heterocycles. The molecule has 0 heterocycles. The van der Waals surface area contributed by atoms with Crippen LogP contribution >= 0.6 is 8.60 Å². The van der Waals surface area contributed by atoms with Gasteiger partial charge in [0.2, 0.25) is 0 Å². The Morgan fingerprint density at radius 3 is 1.21 bits per heavy atom. The van der Waals surface area contributed by atoms with Crippen LogP contribution in [0.15, 0.2) is 36.4 Å². The van der Waals surface area contributed by atoms with Gasteiger partial charge in [-0.3, -0.25) is 0 Å². The highest BCUT2D eigenvalue weighted by atomic mass is 31.2. The maximum atomic E-state index is 9.75. The zero-order chi connectivity index (χ0) is 29.1. The van der Waals surface area contributed by atoms with E-state index in [0.29, 0.717) is 0 Å². The molecule has 0 spiro atoms. The summed E-state index contributed by atoms with van der Waals surface area (Å²) in [6.07, 6.45) is 3.92. The lowest BCUT2D eigenvalue weighted by Gasteiger charge is -2.30. The molecule has 38 heavy (non-hydrogen) atoms. The molecule has 0 amide bonds. The Morgan fingerprint density at radius 2 is 0.921 bits per heavy atom. The van der Waals surface area contributed by atoms with Crippen LogP contribution in [0.4, 0.5) is 0 Å². The van der Waals surface area contributed by atoms with E-state index >= 15 is 0 Å². The van der Waals surface area contributed by atoms with Crippen molar-refractivity contribution < 1.29 is 14.3 Å². The lowest BCUT2D eigenvalue weighted by atomic mass is 9.76. The fourth-order valence-electron chi connectivity index (χ4n) is 5.38. The molecule has 0 atom stereocenters. The molecular formula is C34H55O3P. The molecule has 4 heteroatoms. The van der Waals surface area contributed by atoms with Crippen LogP contribution in [0, 0.1) is 21.7 Å². The van der Waals surface area contributed by atoms with Crippen LogP contribution in [0.1, 0.15) is 122 Å². The quantitative estimate of drug-likeness (QED) is 0.310. The van der Waals surface area contributed by atoms with Crippen molar-refractivity contribution in [1.82, 2.24) is 0 Å². The minimum absolute atomic E-state index is 0.0821. The topological polar surface area (TPSA) is 49.7 Å². The highest BCUT2D eigenvalue weighted by Crippen LogP contribution is 2.39.